The summed E-state index contributed by atoms with van der Waals surface area (Å²) >= 11 is 12.7. The minimum absolute atomic E-state index is 0.0103. The highest BCUT2D eigenvalue weighted by Gasteiger charge is 2.32. The fourth-order valence-electron chi connectivity index (χ4n) is 4.43. The van der Waals surface area contributed by atoms with Gasteiger partial charge >= 0.3 is 0 Å². The lowest BCUT2D eigenvalue weighted by Gasteiger charge is -2.19. The quantitative estimate of drug-likeness (QED) is 0.296. The van der Waals surface area contributed by atoms with E-state index in [1.165, 1.54) is 4.90 Å². The molecule has 5 rings (SSSR count). The number of rotatable bonds is 5. The van der Waals surface area contributed by atoms with Crippen molar-refractivity contribution < 1.29 is 14.3 Å². The number of hydrogen-bond acceptors (Lipinski definition) is 6. The number of ether oxygens (including phenoxy) is 1. The third kappa shape index (κ3) is 5.04. The molecule has 1 fully saturated rings. The Morgan fingerprint density at radius 1 is 1.13 bits per heavy atom. The summed E-state index contributed by atoms with van der Waals surface area (Å²) < 4.78 is 5.97. The standard InChI is InChI=1S/C28H22Cl2N6O3/c1-32-22-6-4-5-20(30)25(22)39-23-11-15(7-9-19(23)29)16-12-24(37)36(14-16)17-8-10-21-18(13-17)26(31)34-27(33-21)28(38)35(2)3/h4-11,13,16H,12,14H2,2-3H3,(H2,31,33,34)/t16-/m0/s1. The molecule has 11 heteroatoms. The predicted molar refractivity (Wildman–Crippen MR) is 151 cm³/mol. The molecule has 0 unspecified atom stereocenters. The monoisotopic (exact) mass is 560 g/mol. The van der Waals surface area contributed by atoms with Crippen LogP contribution >= 0.6 is 23.2 Å². The van der Waals surface area contributed by atoms with Gasteiger partial charge in [-0.15, -0.1) is 0 Å². The zero-order chi connectivity index (χ0) is 27.8. The molecular formula is C28H22Cl2N6O3. The summed E-state index contributed by atoms with van der Waals surface area (Å²) in [5.74, 6) is 0.200. The number of carbonyl (C=O) groups is 2. The topological polar surface area (TPSA) is 106 Å². The summed E-state index contributed by atoms with van der Waals surface area (Å²) in [6.07, 6.45) is 0.279. The number of nitrogens with two attached hydrogens (primary N) is 1. The van der Waals surface area contributed by atoms with Crippen LogP contribution in [0, 0.1) is 6.57 Å². The van der Waals surface area contributed by atoms with Gasteiger partial charge in [0.2, 0.25) is 17.4 Å². The molecule has 9 nitrogen and oxygen atoms in total. The van der Waals surface area contributed by atoms with Crippen LogP contribution in [0.5, 0.6) is 11.5 Å². The second kappa shape index (κ2) is 10.4. The highest BCUT2D eigenvalue weighted by molar-refractivity contribution is 6.33. The molecule has 1 aliphatic rings. The van der Waals surface area contributed by atoms with Crippen LogP contribution in [0.2, 0.25) is 10.0 Å². The molecule has 2 amide bonds. The minimum Gasteiger partial charge on any atom is -0.465 e. The number of anilines is 2. The summed E-state index contributed by atoms with van der Waals surface area (Å²) in [7, 11) is 3.23. The fourth-order valence-corrected chi connectivity index (χ4v) is 4.80. The average Bonchev–Trinajstić information content (AvgIpc) is 3.31. The molecule has 196 valence electrons. The first-order chi connectivity index (χ1) is 18.7. The molecule has 0 spiro atoms. The second-order valence-electron chi connectivity index (χ2n) is 9.23. The zero-order valence-electron chi connectivity index (χ0n) is 21.0. The maximum atomic E-state index is 13.1. The second-order valence-corrected chi connectivity index (χ2v) is 10.0. The SMILES string of the molecule is [C-]#[N+]c1cccc(Cl)c1Oc1cc([C@H]2CC(=O)N(c3ccc4nc(C(=O)N(C)C)nc(N)c4c3)C2)ccc1Cl. The van der Waals surface area contributed by atoms with Gasteiger partial charge in [-0.3, -0.25) is 9.59 Å². The number of nitrogens with zero attached hydrogens (tertiary/aromatic N) is 5. The largest absolute Gasteiger partial charge is 0.465 e. The Balaban J connectivity index is 1.41. The smallest absolute Gasteiger partial charge is 0.291 e. The number of carbonyl (C=O) groups excluding carboxylic acids is 2. The molecule has 2 heterocycles. The Kier molecular flexibility index (Phi) is 7.00. The molecule has 1 aromatic heterocycles. The number of halogens is 2. The van der Waals surface area contributed by atoms with E-state index in [2.05, 4.69) is 14.8 Å². The first-order valence-corrected chi connectivity index (χ1v) is 12.6. The molecule has 1 aliphatic heterocycles. The van der Waals surface area contributed by atoms with Crippen molar-refractivity contribution in [3.05, 3.63) is 87.4 Å². The maximum Gasteiger partial charge on any atom is 0.291 e. The van der Waals surface area contributed by atoms with Gasteiger partial charge in [0.05, 0.1) is 22.1 Å². The number of fused-ring (bicyclic) bond motifs is 1. The van der Waals surface area contributed by atoms with Gasteiger partial charge in [0.15, 0.2) is 5.75 Å². The van der Waals surface area contributed by atoms with Gasteiger partial charge in [-0.05, 0) is 42.0 Å². The van der Waals surface area contributed by atoms with E-state index in [0.717, 1.165) is 5.56 Å². The molecule has 0 bridgehead atoms. The summed E-state index contributed by atoms with van der Waals surface area (Å²) in [4.78, 5) is 40.4. The van der Waals surface area contributed by atoms with Crippen LogP contribution in [-0.2, 0) is 4.79 Å². The zero-order valence-corrected chi connectivity index (χ0v) is 22.5. The Bertz CT molecular complexity index is 1680. The van der Waals surface area contributed by atoms with Crippen molar-refractivity contribution in [2.24, 2.45) is 0 Å². The molecule has 0 aliphatic carbocycles. The molecule has 39 heavy (non-hydrogen) atoms. The van der Waals surface area contributed by atoms with E-state index < -0.39 is 0 Å². The third-order valence-electron chi connectivity index (χ3n) is 6.45. The van der Waals surface area contributed by atoms with Gasteiger partial charge in [-0.25, -0.2) is 14.8 Å². The van der Waals surface area contributed by atoms with Gasteiger partial charge in [-0.1, -0.05) is 41.4 Å². The van der Waals surface area contributed by atoms with Crippen molar-refractivity contribution in [1.29, 1.82) is 0 Å². The predicted octanol–water partition coefficient (Wildman–Crippen LogP) is 6.08. The van der Waals surface area contributed by atoms with Gasteiger partial charge in [0.1, 0.15) is 11.6 Å². The van der Waals surface area contributed by atoms with E-state index >= 15 is 0 Å². The lowest BCUT2D eigenvalue weighted by molar-refractivity contribution is -0.117. The molecule has 0 saturated carbocycles. The van der Waals surface area contributed by atoms with E-state index in [-0.39, 0.29) is 47.2 Å². The number of amides is 2. The van der Waals surface area contributed by atoms with Crippen LogP contribution in [0.25, 0.3) is 15.7 Å². The molecular weight excluding hydrogens is 539 g/mol. The van der Waals surface area contributed by atoms with Crippen LogP contribution < -0.4 is 15.4 Å². The van der Waals surface area contributed by atoms with Crippen LogP contribution in [-0.4, -0.2) is 47.3 Å². The fraction of sp³-hybridized carbons (Fsp3) is 0.179. The van der Waals surface area contributed by atoms with Crippen molar-refractivity contribution in [3.63, 3.8) is 0 Å². The maximum absolute atomic E-state index is 13.1. The van der Waals surface area contributed by atoms with Gasteiger partial charge in [0.25, 0.3) is 5.91 Å². The van der Waals surface area contributed by atoms with Crippen LogP contribution in [0.15, 0.2) is 54.6 Å². The van der Waals surface area contributed by atoms with Crippen molar-refractivity contribution in [1.82, 2.24) is 14.9 Å². The minimum atomic E-state index is -0.351. The lowest BCUT2D eigenvalue weighted by Crippen LogP contribution is -2.25. The average molecular weight is 561 g/mol. The van der Waals surface area contributed by atoms with E-state index in [4.69, 9.17) is 40.2 Å². The van der Waals surface area contributed by atoms with Crippen molar-refractivity contribution in [3.8, 4) is 11.5 Å². The first kappa shape index (κ1) is 26.2. The lowest BCUT2D eigenvalue weighted by atomic mass is 9.98. The Labute approximate surface area is 234 Å². The van der Waals surface area contributed by atoms with Gasteiger partial charge in [0, 0.05) is 44.1 Å². The van der Waals surface area contributed by atoms with Crippen molar-refractivity contribution in [2.75, 3.05) is 31.3 Å². The summed E-state index contributed by atoms with van der Waals surface area (Å²) in [6, 6.07) is 15.5. The summed E-state index contributed by atoms with van der Waals surface area (Å²) in [5.41, 5.74) is 8.45. The summed E-state index contributed by atoms with van der Waals surface area (Å²) in [5, 5.41) is 1.20. The molecule has 4 aromatic rings. The highest BCUT2D eigenvalue weighted by atomic mass is 35.5. The number of aromatic nitrogens is 2. The molecule has 0 radical (unpaired) electrons. The van der Waals surface area contributed by atoms with Gasteiger partial charge < -0.3 is 20.3 Å². The Hall–Kier alpha value is -4.39. The van der Waals surface area contributed by atoms with E-state index in [1.807, 2.05) is 6.07 Å². The van der Waals surface area contributed by atoms with E-state index in [1.54, 1.807) is 67.5 Å². The first-order valence-electron chi connectivity index (χ1n) is 11.9. The van der Waals surface area contributed by atoms with E-state index in [9.17, 15) is 9.59 Å². The number of benzene rings is 3. The molecule has 3 aromatic carbocycles. The number of para-hydroxylation sites is 1. The Morgan fingerprint density at radius 3 is 2.67 bits per heavy atom. The third-order valence-corrected chi connectivity index (χ3v) is 7.06. The van der Waals surface area contributed by atoms with E-state index in [0.29, 0.717) is 38.9 Å². The molecule has 1 saturated heterocycles. The molecule has 1 atom stereocenters. The van der Waals surface area contributed by atoms with Gasteiger partial charge in [-0.2, -0.15) is 0 Å². The van der Waals surface area contributed by atoms with Crippen molar-refractivity contribution in [2.45, 2.75) is 12.3 Å². The molecule has 2 N–H and O–H groups in total. The number of hydrogen-bond donors (Lipinski definition) is 1. The number of nitrogen functional groups attached to an aromatic ring is 1. The summed E-state index contributed by atoms with van der Waals surface area (Å²) in [6.45, 7) is 7.81. The normalized spacial score (nSPS) is 14.9. The van der Waals surface area contributed by atoms with Crippen LogP contribution in [0.1, 0.15) is 28.5 Å². The highest BCUT2D eigenvalue weighted by Crippen LogP contribution is 2.42. The van der Waals surface area contributed by atoms with Crippen LogP contribution in [0.3, 0.4) is 0 Å². The van der Waals surface area contributed by atoms with Crippen molar-refractivity contribution >= 4 is 63.1 Å². The van der Waals surface area contributed by atoms with Crippen LogP contribution in [0.4, 0.5) is 17.2 Å². The Morgan fingerprint density at radius 2 is 1.92 bits per heavy atom.